The van der Waals surface area contributed by atoms with Crippen LogP contribution in [0.25, 0.3) is 0 Å². The molecule has 0 radical (unpaired) electrons. The quantitative estimate of drug-likeness (QED) is 0.793. The minimum absolute atomic E-state index is 0.0606. The van der Waals surface area contributed by atoms with Crippen LogP contribution in [0.1, 0.15) is 35.0 Å². The molecule has 1 heterocycles. The lowest BCUT2D eigenvalue weighted by atomic mass is 9.92. The Balaban J connectivity index is 3.23. The van der Waals surface area contributed by atoms with Gasteiger partial charge in [-0.05, 0) is 30.9 Å². The Morgan fingerprint density at radius 2 is 1.80 bits per heavy atom. The highest BCUT2D eigenvalue weighted by molar-refractivity contribution is 7.12. The molecule has 0 fully saturated rings. The number of rotatable bonds is 4. The molecule has 80 valence electrons. The highest BCUT2D eigenvalue weighted by Crippen LogP contribution is 2.26. The van der Waals surface area contributed by atoms with E-state index in [1.807, 2.05) is 0 Å². The first-order valence-corrected chi connectivity index (χ1v) is 5.14. The van der Waals surface area contributed by atoms with Crippen molar-refractivity contribution < 1.29 is 19.5 Å². The zero-order chi connectivity index (χ0) is 11.6. The molecule has 0 aliphatic heterocycles. The van der Waals surface area contributed by atoms with Crippen molar-refractivity contribution in [2.75, 3.05) is 0 Å². The third-order valence-electron chi connectivity index (χ3n) is 2.01. The summed E-state index contributed by atoms with van der Waals surface area (Å²) in [5, 5.41) is 10.4. The zero-order valence-electron chi connectivity index (χ0n) is 8.31. The number of ketones is 2. The van der Waals surface area contributed by atoms with Crippen LogP contribution in [0.5, 0.6) is 0 Å². The summed E-state index contributed by atoms with van der Waals surface area (Å²) in [4.78, 5) is 33.4. The van der Waals surface area contributed by atoms with Crippen molar-refractivity contribution in [2.45, 2.75) is 19.8 Å². The largest absolute Gasteiger partial charge is 0.477 e. The van der Waals surface area contributed by atoms with Crippen molar-refractivity contribution in [3.63, 3.8) is 0 Å². The van der Waals surface area contributed by atoms with Crippen molar-refractivity contribution in [1.29, 1.82) is 0 Å². The van der Waals surface area contributed by atoms with Gasteiger partial charge in [0, 0.05) is 0 Å². The highest BCUT2D eigenvalue weighted by Gasteiger charge is 2.27. The molecule has 4 nitrogen and oxygen atoms in total. The summed E-state index contributed by atoms with van der Waals surface area (Å²) in [6.45, 7) is 2.57. The molecule has 0 aromatic carbocycles. The molecule has 15 heavy (non-hydrogen) atoms. The monoisotopic (exact) mass is 226 g/mol. The number of aromatic carboxylic acids is 1. The van der Waals surface area contributed by atoms with Gasteiger partial charge in [0.1, 0.15) is 22.4 Å². The van der Waals surface area contributed by atoms with E-state index in [9.17, 15) is 14.4 Å². The van der Waals surface area contributed by atoms with Gasteiger partial charge in [0.2, 0.25) is 0 Å². The van der Waals surface area contributed by atoms with Gasteiger partial charge in [-0.2, -0.15) is 0 Å². The number of thiophene rings is 1. The second kappa shape index (κ2) is 4.35. The van der Waals surface area contributed by atoms with Crippen LogP contribution in [0.15, 0.2) is 11.4 Å². The molecule has 0 amide bonds. The number of carbonyl (C=O) groups is 3. The second-order valence-corrected chi connectivity index (χ2v) is 4.08. The third kappa shape index (κ3) is 2.30. The lowest BCUT2D eigenvalue weighted by Crippen LogP contribution is -2.18. The van der Waals surface area contributed by atoms with Gasteiger partial charge in [0.05, 0.1) is 0 Å². The molecule has 0 unspecified atom stereocenters. The van der Waals surface area contributed by atoms with E-state index in [2.05, 4.69) is 0 Å². The Bertz CT molecular complexity index is 405. The summed E-state index contributed by atoms with van der Waals surface area (Å²) in [7, 11) is 0. The van der Waals surface area contributed by atoms with E-state index in [0.717, 1.165) is 11.3 Å². The Morgan fingerprint density at radius 1 is 1.27 bits per heavy atom. The molecule has 0 aliphatic rings. The first-order valence-electron chi connectivity index (χ1n) is 4.26. The lowest BCUT2D eigenvalue weighted by Gasteiger charge is -2.09. The van der Waals surface area contributed by atoms with Crippen LogP contribution in [0.2, 0.25) is 0 Å². The van der Waals surface area contributed by atoms with Crippen LogP contribution in [0.4, 0.5) is 0 Å². The van der Waals surface area contributed by atoms with E-state index in [4.69, 9.17) is 5.11 Å². The molecule has 0 saturated carbocycles. The zero-order valence-corrected chi connectivity index (χ0v) is 9.13. The predicted octanol–water partition coefficient (Wildman–Crippen LogP) is 1.71. The van der Waals surface area contributed by atoms with Gasteiger partial charge in [-0.1, -0.05) is 0 Å². The van der Waals surface area contributed by atoms with Crippen molar-refractivity contribution in [2.24, 2.45) is 0 Å². The Hall–Kier alpha value is -1.49. The normalized spacial score (nSPS) is 10.3. The summed E-state index contributed by atoms with van der Waals surface area (Å²) < 4.78 is 0. The Morgan fingerprint density at radius 3 is 2.20 bits per heavy atom. The maximum atomic E-state index is 11.2. The van der Waals surface area contributed by atoms with Gasteiger partial charge >= 0.3 is 5.97 Å². The van der Waals surface area contributed by atoms with Gasteiger partial charge in [0.15, 0.2) is 0 Å². The minimum atomic E-state index is -1.10. The SMILES string of the molecule is CC(=O)C(C(C)=O)c1ccsc1C(=O)O. The number of carboxylic acid groups (broad SMARTS) is 1. The van der Waals surface area contributed by atoms with E-state index in [1.54, 1.807) is 5.38 Å². The minimum Gasteiger partial charge on any atom is -0.477 e. The van der Waals surface area contributed by atoms with Gasteiger partial charge < -0.3 is 5.11 Å². The fourth-order valence-electron chi connectivity index (χ4n) is 1.44. The second-order valence-electron chi connectivity index (χ2n) is 3.16. The Kier molecular flexibility index (Phi) is 3.36. The maximum absolute atomic E-state index is 11.2. The highest BCUT2D eigenvalue weighted by atomic mass is 32.1. The number of hydrogen-bond acceptors (Lipinski definition) is 4. The summed E-state index contributed by atoms with van der Waals surface area (Å²) in [5.41, 5.74) is 0.299. The molecule has 0 saturated heterocycles. The summed E-state index contributed by atoms with van der Waals surface area (Å²) >= 11 is 1.02. The van der Waals surface area contributed by atoms with E-state index in [-0.39, 0.29) is 16.4 Å². The first kappa shape index (κ1) is 11.6. The molecule has 1 rings (SSSR count). The molecular formula is C10H10O4S. The van der Waals surface area contributed by atoms with Gasteiger partial charge in [-0.25, -0.2) is 4.79 Å². The van der Waals surface area contributed by atoms with Crippen LogP contribution < -0.4 is 0 Å². The Labute approximate surface area is 90.5 Å². The van der Waals surface area contributed by atoms with Crippen molar-refractivity contribution in [3.8, 4) is 0 Å². The smallest absolute Gasteiger partial charge is 0.346 e. The molecule has 5 heteroatoms. The van der Waals surface area contributed by atoms with E-state index < -0.39 is 11.9 Å². The topological polar surface area (TPSA) is 71.4 Å². The maximum Gasteiger partial charge on any atom is 0.346 e. The predicted molar refractivity (Wildman–Crippen MR) is 55.4 cm³/mol. The lowest BCUT2D eigenvalue weighted by molar-refractivity contribution is -0.126. The van der Waals surface area contributed by atoms with Crippen LogP contribution in [-0.4, -0.2) is 22.6 Å². The number of carbonyl (C=O) groups excluding carboxylic acids is 2. The summed E-state index contributed by atoms with van der Waals surface area (Å²) in [6.07, 6.45) is 0. The number of Topliss-reactive ketones (excluding diaryl/α,β-unsaturated/α-hetero) is 2. The molecule has 1 N–H and O–H groups in total. The molecule has 0 bridgehead atoms. The van der Waals surface area contributed by atoms with E-state index in [0.29, 0.717) is 5.56 Å². The molecule has 0 spiro atoms. The van der Waals surface area contributed by atoms with Crippen LogP contribution in [0.3, 0.4) is 0 Å². The molecule has 1 aromatic rings. The fraction of sp³-hybridized carbons (Fsp3) is 0.300. The number of carboxylic acids is 1. The van der Waals surface area contributed by atoms with Gasteiger partial charge in [0.25, 0.3) is 0 Å². The van der Waals surface area contributed by atoms with Crippen LogP contribution >= 0.6 is 11.3 Å². The molecule has 1 aromatic heterocycles. The van der Waals surface area contributed by atoms with Crippen molar-refractivity contribution >= 4 is 28.9 Å². The summed E-state index contributed by atoms with van der Waals surface area (Å²) in [6, 6.07) is 1.52. The van der Waals surface area contributed by atoms with Crippen LogP contribution in [-0.2, 0) is 9.59 Å². The van der Waals surface area contributed by atoms with E-state index >= 15 is 0 Å². The van der Waals surface area contributed by atoms with Crippen LogP contribution in [0, 0.1) is 0 Å². The molecule has 0 atom stereocenters. The average molecular weight is 226 g/mol. The van der Waals surface area contributed by atoms with E-state index in [1.165, 1.54) is 19.9 Å². The van der Waals surface area contributed by atoms with Crippen molar-refractivity contribution in [1.82, 2.24) is 0 Å². The first-order chi connectivity index (χ1) is 6.95. The molecular weight excluding hydrogens is 216 g/mol. The van der Waals surface area contributed by atoms with Gasteiger partial charge in [-0.15, -0.1) is 11.3 Å². The molecule has 0 aliphatic carbocycles. The standard InChI is InChI=1S/C10H10O4S/c1-5(11)8(6(2)12)7-3-4-15-9(7)10(13)14/h3-4,8H,1-2H3,(H,13,14). The fourth-order valence-corrected chi connectivity index (χ4v) is 2.22. The summed E-state index contributed by atoms with van der Waals surface area (Å²) in [5.74, 6) is -2.71. The average Bonchev–Trinajstić information content (AvgIpc) is 2.51. The number of hydrogen-bond donors (Lipinski definition) is 1. The van der Waals surface area contributed by atoms with Gasteiger partial charge in [-0.3, -0.25) is 9.59 Å². The van der Waals surface area contributed by atoms with Crippen molar-refractivity contribution in [3.05, 3.63) is 21.9 Å². The third-order valence-corrected chi connectivity index (χ3v) is 2.93.